The largest absolute Gasteiger partial charge is 0.352 e. The number of amides is 2. The Morgan fingerprint density at radius 1 is 0.902 bits per heavy atom. The second-order valence-electron chi connectivity index (χ2n) is 10.7. The van der Waals surface area contributed by atoms with E-state index in [2.05, 4.69) is 5.32 Å². The summed E-state index contributed by atoms with van der Waals surface area (Å²) in [6, 6.07) is 18.3. The number of carbonyl (C=O) groups is 2. The van der Waals surface area contributed by atoms with Crippen molar-refractivity contribution >= 4 is 27.5 Å². The third kappa shape index (κ3) is 7.94. The minimum atomic E-state index is -4.17. The van der Waals surface area contributed by atoms with Crippen molar-refractivity contribution in [2.75, 3.05) is 10.8 Å². The summed E-state index contributed by atoms with van der Waals surface area (Å²) in [6.07, 6.45) is 0.689. The van der Waals surface area contributed by atoms with Crippen molar-refractivity contribution in [3.63, 3.8) is 0 Å². The molecule has 0 aliphatic heterocycles. The van der Waals surface area contributed by atoms with Crippen LogP contribution in [0.1, 0.15) is 63.6 Å². The molecule has 0 heterocycles. The van der Waals surface area contributed by atoms with Gasteiger partial charge in [-0.2, -0.15) is 0 Å². The van der Waals surface area contributed by atoms with Gasteiger partial charge in [0.05, 0.1) is 10.6 Å². The molecule has 0 spiro atoms. The minimum absolute atomic E-state index is 0.0343. The third-order valence-corrected chi connectivity index (χ3v) is 8.99. The Morgan fingerprint density at radius 3 is 2.07 bits per heavy atom. The molecule has 0 aliphatic carbocycles. The lowest BCUT2D eigenvalue weighted by molar-refractivity contribution is -0.139. The van der Waals surface area contributed by atoms with Crippen LogP contribution in [-0.2, 0) is 26.2 Å². The number of sulfonamides is 1. The second-order valence-corrected chi connectivity index (χ2v) is 12.5. The number of hydrogen-bond donors (Lipinski definition) is 1. The van der Waals surface area contributed by atoms with E-state index < -0.39 is 40.2 Å². The number of aryl methyl sites for hydroxylation is 1. The van der Waals surface area contributed by atoms with Crippen LogP contribution in [0.4, 0.5) is 10.1 Å². The molecule has 1 N–H and O–H groups in total. The van der Waals surface area contributed by atoms with Crippen LogP contribution in [0.2, 0.25) is 0 Å². The van der Waals surface area contributed by atoms with Crippen LogP contribution >= 0.6 is 0 Å². The lowest BCUT2D eigenvalue weighted by Crippen LogP contribution is -2.52. The number of benzene rings is 3. The molecule has 0 aromatic heterocycles. The van der Waals surface area contributed by atoms with E-state index in [1.54, 1.807) is 49.4 Å². The molecule has 3 rings (SSSR count). The quantitative estimate of drug-likeness (QED) is 0.294. The SMILES string of the molecule is CC[C@@H](C)NC(=O)[C@H](C)N(Cc1ccccc1F)C(=O)CN(c1ccc(C(C)C)cc1)S(=O)(=O)c1ccc(C)cc1. The highest BCUT2D eigenvalue weighted by Gasteiger charge is 2.33. The molecule has 0 saturated heterocycles. The van der Waals surface area contributed by atoms with Gasteiger partial charge in [0.15, 0.2) is 0 Å². The summed E-state index contributed by atoms with van der Waals surface area (Å²) < 4.78 is 43.6. The van der Waals surface area contributed by atoms with Crippen LogP contribution in [-0.4, -0.2) is 43.8 Å². The summed E-state index contributed by atoms with van der Waals surface area (Å²) in [5, 5.41) is 2.87. The normalized spacial score (nSPS) is 13.0. The average molecular weight is 582 g/mol. The Balaban J connectivity index is 2.05. The van der Waals surface area contributed by atoms with Crippen LogP contribution < -0.4 is 9.62 Å². The molecule has 2 amide bonds. The maximum Gasteiger partial charge on any atom is 0.264 e. The molecule has 9 heteroatoms. The van der Waals surface area contributed by atoms with E-state index in [4.69, 9.17) is 0 Å². The summed E-state index contributed by atoms with van der Waals surface area (Å²) in [5.41, 5.74) is 2.44. The second kappa shape index (κ2) is 13.8. The van der Waals surface area contributed by atoms with E-state index in [9.17, 15) is 22.4 Å². The van der Waals surface area contributed by atoms with Crippen molar-refractivity contribution in [1.29, 1.82) is 0 Å². The van der Waals surface area contributed by atoms with Gasteiger partial charge in [-0.1, -0.05) is 68.8 Å². The molecule has 220 valence electrons. The van der Waals surface area contributed by atoms with Gasteiger partial charge >= 0.3 is 0 Å². The van der Waals surface area contributed by atoms with Crippen LogP contribution in [0.3, 0.4) is 0 Å². The fourth-order valence-electron chi connectivity index (χ4n) is 4.25. The first-order valence-electron chi connectivity index (χ1n) is 13.9. The molecule has 41 heavy (non-hydrogen) atoms. The lowest BCUT2D eigenvalue weighted by atomic mass is 10.0. The highest BCUT2D eigenvalue weighted by Crippen LogP contribution is 2.27. The van der Waals surface area contributed by atoms with Gasteiger partial charge in [0, 0.05) is 18.2 Å². The number of carbonyl (C=O) groups excluding carboxylic acids is 2. The molecule has 7 nitrogen and oxygen atoms in total. The topological polar surface area (TPSA) is 86.8 Å². The Labute approximate surface area is 243 Å². The van der Waals surface area contributed by atoms with Gasteiger partial charge < -0.3 is 10.2 Å². The highest BCUT2D eigenvalue weighted by atomic mass is 32.2. The van der Waals surface area contributed by atoms with Gasteiger partial charge in [-0.3, -0.25) is 13.9 Å². The molecule has 3 aromatic carbocycles. The molecule has 3 aromatic rings. The first-order valence-corrected chi connectivity index (χ1v) is 15.3. The van der Waals surface area contributed by atoms with E-state index in [0.717, 1.165) is 15.4 Å². The summed E-state index contributed by atoms with van der Waals surface area (Å²) >= 11 is 0. The maximum atomic E-state index is 14.7. The van der Waals surface area contributed by atoms with Crippen molar-refractivity contribution in [3.05, 3.63) is 95.3 Å². The van der Waals surface area contributed by atoms with Crippen molar-refractivity contribution < 1.29 is 22.4 Å². The van der Waals surface area contributed by atoms with Crippen LogP contribution in [0.15, 0.2) is 77.7 Å². The number of hydrogen-bond acceptors (Lipinski definition) is 4. The monoisotopic (exact) mass is 581 g/mol. The van der Waals surface area contributed by atoms with Gasteiger partial charge in [-0.15, -0.1) is 0 Å². The Morgan fingerprint density at radius 2 is 1.51 bits per heavy atom. The van der Waals surface area contributed by atoms with E-state index in [1.807, 2.05) is 46.8 Å². The lowest BCUT2D eigenvalue weighted by Gasteiger charge is -2.32. The Hall–Kier alpha value is -3.72. The van der Waals surface area contributed by atoms with E-state index in [-0.39, 0.29) is 29.0 Å². The molecule has 2 atom stereocenters. The Bertz CT molecular complexity index is 1440. The zero-order valence-corrected chi connectivity index (χ0v) is 25.4. The zero-order valence-electron chi connectivity index (χ0n) is 24.6. The van der Waals surface area contributed by atoms with E-state index in [0.29, 0.717) is 12.1 Å². The molecular formula is C32H40FN3O4S. The third-order valence-electron chi connectivity index (χ3n) is 7.20. The molecule has 0 bridgehead atoms. The van der Waals surface area contributed by atoms with Crippen LogP contribution in [0.25, 0.3) is 0 Å². The van der Waals surface area contributed by atoms with Crippen LogP contribution in [0.5, 0.6) is 0 Å². The molecular weight excluding hydrogens is 541 g/mol. The highest BCUT2D eigenvalue weighted by molar-refractivity contribution is 7.92. The zero-order chi connectivity index (χ0) is 30.3. The van der Waals surface area contributed by atoms with Gasteiger partial charge in [-0.25, -0.2) is 12.8 Å². The fraction of sp³-hybridized carbons (Fsp3) is 0.375. The van der Waals surface area contributed by atoms with Crippen molar-refractivity contribution in [2.24, 2.45) is 0 Å². The molecule has 0 unspecified atom stereocenters. The summed E-state index contributed by atoms with van der Waals surface area (Å²) in [5.74, 6) is -1.33. The van der Waals surface area contributed by atoms with Crippen LogP contribution in [0, 0.1) is 12.7 Å². The summed E-state index contributed by atoms with van der Waals surface area (Å²) in [6.45, 7) is 10.5. The number of nitrogens with zero attached hydrogens (tertiary/aromatic N) is 2. The number of halogens is 1. The Kier molecular flexibility index (Phi) is 10.7. The molecule has 0 fully saturated rings. The summed E-state index contributed by atoms with van der Waals surface area (Å²) in [4.78, 5) is 28.3. The fourth-order valence-corrected chi connectivity index (χ4v) is 5.66. The maximum absolute atomic E-state index is 14.7. The van der Waals surface area contributed by atoms with E-state index in [1.165, 1.54) is 23.1 Å². The van der Waals surface area contributed by atoms with Crippen molar-refractivity contribution in [3.8, 4) is 0 Å². The number of nitrogens with one attached hydrogen (secondary N) is 1. The first kappa shape index (κ1) is 31.8. The van der Waals surface area contributed by atoms with Gasteiger partial charge in [0.25, 0.3) is 10.0 Å². The average Bonchev–Trinajstić information content (AvgIpc) is 2.95. The predicted molar refractivity (Wildman–Crippen MR) is 161 cm³/mol. The standard InChI is InChI=1S/C32H40FN3O4S/c1-7-24(5)34-32(38)25(6)35(20-27-10-8-9-11-30(27)33)31(37)21-36(28-16-14-26(15-17-28)22(2)3)41(39,40)29-18-12-23(4)13-19-29/h8-19,22,24-25H,7,20-21H2,1-6H3,(H,34,38)/t24-,25+/m1/s1. The van der Waals surface area contributed by atoms with Crippen molar-refractivity contribution in [2.45, 2.75) is 77.4 Å². The smallest absolute Gasteiger partial charge is 0.264 e. The van der Waals surface area contributed by atoms with Crippen molar-refractivity contribution in [1.82, 2.24) is 10.2 Å². The summed E-state index contributed by atoms with van der Waals surface area (Å²) in [7, 11) is -4.17. The van der Waals surface area contributed by atoms with Gasteiger partial charge in [0.2, 0.25) is 11.8 Å². The molecule has 0 aliphatic rings. The first-order chi connectivity index (χ1) is 19.3. The number of anilines is 1. The van der Waals surface area contributed by atoms with Gasteiger partial charge in [-0.05, 0) is 69.0 Å². The number of rotatable bonds is 12. The molecule has 0 radical (unpaired) electrons. The van der Waals surface area contributed by atoms with E-state index >= 15 is 0 Å². The molecule has 0 saturated carbocycles. The predicted octanol–water partition coefficient (Wildman–Crippen LogP) is 5.78. The minimum Gasteiger partial charge on any atom is -0.352 e. The van der Waals surface area contributed by atoms with Gasteiger partial charge in [0.1, 0.15) is 18.4 Å².